The van der Waals surface area contributed by atoms with Crippen molar-refractivity contribution in [2.24, 2.45) is 11.8 Å². The summed E-state index contributed by atoms with van der Waals surface area (Å²) in [4.78, 5) is 30.5. The van der Waals surface area contributed by atoms with Crippen molar-refractivity contribution in [2.75, 3.05) is 0 Å². The van der Waals surface area contributed by atoms with Gasteiger partial charge in [-0.15, -0.1) is 0 Å². The SMILES string of the molecule is CC(C)(C)c1nc2cc(C(=O)N(N)C(=O)c3ccccc3)ccn2c1CC1CCCCC1. The van der Waals surface area contributed by atoms with E-state index in [9.17, 15) is 9.59 Å². The van der Waals surface area contributed by atoms with Crippen LogP contribution in [0.15, 0.2) is 48.7 Å². The Labute approximate surface area is 189 Å². The van der Waals surface area contributed by atoms with Crippen LogP contribution < -0.4 is 5.84 Å². The number of nitrogens with two attached hydrogens (primary N) is 1. The monoisotopic (exact) mass is 432 g/mol. The van der Waals surface area contributed by atoms with E-state index in [4.69, 9.17) is 10.8 Å². The van der Waals surface area contributed by atoms with Crippen LogP contribution in [0.1, 0.15) is 85.0 Å². The molecule has 2 heterocycles. The number of carbonyl (C=O) groups excluding carboxylic acids is 2. The van der Waals surface area contributed by atoms with Crippen LogP contribution in [-0.2, 0) is 11.8 Å². The molecule has 168 valence electrons. The van der Waals surface area contributed by atoms with Crippen molar-refractivity contribution in [3.63, 3.8) is 0 Å². The number of imide groups is 1. The van der Waals surface area contributed by atoms with E-state index < -0.39 is 11.8 Å². The second-order valence-corrected chi connectivity index (χ2v) is 9.86. The minimum absolute atomic E-state index is 0.108. The molecule has 0 atom stereocenters. The van der Waals surface area contributed by atoms with Crippen molar-refractivity contribution in [1.29, 1.82) is 0 Å². The highest BCUT2D eigenvalue weighted by atomic mass is 16.2. The Morgan fingerprint density at radius 1 is 1.03 bits per heavy atom. The van der Waals surface area contributed by atoms with E-state index >= 15 is 0 Å². The van der Waals surface area contributed by atoms with Gasteiger partial charge in [0.25, 0.3) is 11.8 Å². The largest absolute Gasteiger partial charge is 0.304 e. The Morgan fingerprint density at radius 2 is 1.69 bits per heavy atom. The Kier molecular flexibility index (Phi) is 6.15. The molecule has 0 unspecified atom stereocenters. The highest BCUT2D eigenvalue weighted by Gasteiger charge is 2.27. The number of hydrogen-bond donors (Lipinski definition) is 1. The first-order valence-electron chi connectivity index (χ1n) is 11.5. The normalized spacial score (nSPS) is 15.1. The lowest BCUT2D eigenvalue weighted by atomic mass is 9.83. The molecule has 0 aliphatic heterocycles. The molecule has 2 amide bonds. The Balaban J connectivity index is 1.66. The van der Waals surface area contributed by atoms with Crippen LogP contribution in [0.2, 0.25) is 0 Å². The quantitative estimate of drug-likeness (QED) is 0.275. The molecule has 2 aromatic heterocycles. The zero-order valence-electron chi connectivity index (χ0n) is 19.2. The van der Waals surface area contributed by atoms with E-state index in [1.807, 2.05) is 12.3 Å². The molecule has 6 nitrogen and oxygen atoms in total. The fourth-order valence-corrected chi connectivity index (χ4v) is 4.64. The predicted molar refractivity (Wildman–Crippen MR) is 125 cm³/mol. The predicted octanol–water partition coefficient (Wildman–Crippen LogP) is 4.91. The minimum Gasteiger partial charge on any atom is -0.304 e. The maximum Gasteiger partial charge on any atom is 0.275 e. The maximum atomic E-state index is 13.0. The number of pyridine rings is 1. The van der Waals surface area contributed by atoms with Gasteiger partial charge in [0.1, 0.15) is 5.65 Å². The third-order valence-corrected chi connectivity index (χ3v) is 6.35. The van der Waals surface area contributed by atoms with Gasteiger partial charge in [-0.2, -0.15) is 0 Å². The van der Waals surface area contributed by atoms with Gasteiger partial charge < -0.3 is 4.40 Å². The van der Waals surface area contributed by atoms with E-state index in [1.165, 1.54) is 37.8 Å². The molecule has 1 aliphatic carbocycles. The van der Waals surface area contributed by atoms with E-state index in [-0.39, 0.29) is 5.41 Å². The number of imidazole rings is 1. The van der Waals surface area contributed by atoms with E-state index in [1.54, 1.807) is 36.4 Å². The molecule has 32 heavy (non-hydrogen) atoms. The first-order valence-corrected chi connectivity index (χ1v) is 11.5. The lowest BCUT2D eigenvalue weighted by Gasteiger charge is -2.24. The summed E-state index contributed by atoms with van der Waals surface area (Å²) in [6.45, 7) is 6.52. The zero-order valence-corrected chi connectivity index (χ0v) is 19.2. The number of benzene rings is 1. The fraction of sp³-hybridized carbons (Fsp3) is 0.423. The summed E-state index contributed by atoms with van der Waals surface area (Å²) in [6, 6.07) is 12.0. The van der Waals surface area contributed by atoms with Crippen molar-refractivity contribution >= 4 is 17.5 Å². The average Bonchev–Trinajstić information content (AvgIpc) is 3.17. The molecule has 1 fully saturated rings. The number of hydrogen-bond acceptors (Lipinski definition) is 4. The fourth-order valence-electron chi connectivity index (χ4n) is 4.64. The molecule has 0 saturated heterocycles. The van der Waals surface area contributed by atoms with Gasteiger partial charge in [-0.25, -0.2) is 15.8 Å². The average molecular weight is 433 g/mol. The number of hydrazine groups is 1. The number of aromatic nitrogens is 2. The summed E-state index contributed by atoms with van der Waals surface area (Å²) in [5.74, 6) is 5.50. The molecule has 1 aromatic carbocycles. The van der Waals surface area contributed by atoms with Crippen LogP contribution in [0.25, 0.3) is 5.65 Å². The van der Waals surface area contributed by atoms with Gasteiger partial charge in [0, 0.05) is 28.4 Å². The molecule has 3 aromatic rings. The second-order valence-electron chi connectivity index (χ2n) is 9.86. The summed E-state index contributed by atoms with van der Waals surface area (Å²) in [6.07, 6.45) is 9.34. The van der Waals surface area contributed by atoms with Crippen molar-refractivity contribution in [2.45, 2.75) is 64.7 Å². The molecule has 0 spiro atoms. The van der Waals surface area contributed by atoms with Crippen LogP contribution in [0.3, 0.4) is 0 Å². The van der Waals surface area contributed by atoms with Crippen molar-refractivity contribution in [3.05, 3.63) is 71.2 Å². The van der Waals surface area contributed by atoms with E-state index in [0.717, 1.165) is 12.1 Å². The van der Waals surface area contributed by atoms with Crippen molar-refractivity contribution < 1.29 is 9.59 Å². The van der Waals surface area contributed by atoms with Crippen LogP contribution in [0.4, 0.5) is 0 Å². The summed E-state index contributed by atoms with van der Waals surface area (Å²) < 4.78 is 2.10. The number of rotatable bonds is 4. The van der Waals surface area contributed by atoms with Gasteiger partial charge in [0.15, 0.2) is 0 Å². The highest BCUT2D eigenvalue weighted by molar-refractivity contribution is 6.09. The van der Waals surface area contributed by atoms with Crippen LogP contribution >= 0.6 is 0 Å². The number of fused-ring (bicyclic) bond motifs is 1. The van der Waals surface area contributed by atoms with Crippen LogP contribution in [-0.4, -0.2) is 26.2 Å². The Hall–Kier alpha value is -2.99. The summed E-state index contributed by atoms with van der Waals surface area (Å²) >= 11 is 0. The third-order valence-electron chi connectivity index (χ3n) is 6.35. The Morgan fingerprint density at radius 3 is 2.34 bits per heavy atom. The number of carbonyl (C=O) groups is 2. The number of amides is 2. The van der Waals surface area contributed by atoms with Gasteiger partial charge in [-0.05, 0) is 36.6 Å². The van der Waals surface area contributed by atoms with Crippen molar-refractivity contribution in [3.8, 4) is 0 Å². The van der Waals surface area contributed by atoms with E-state index in [2.05, 4.69) is 25.2 Å². The van der Waals surface area contributed by atoms with Gasteiger partial charge in [-0.1, -0.05) is 71.1 Å². The summed E-state index contributed by atoms with van der Waals surface area (Å²) in [5, 5.41) is 0.678. The van der Waals surface area contributed by atoms with Gasteiger partial charge in [-0.3, -0.25) is 9.59 Å². The van der Waals surface area contributed by atoms with E-state index in [0.29, 0.717) is 27.7 Å². The third kappa shape index (κ3) is 4.46. The molecule has 6 heteroatoms. The summed E-state index contributed by atoms with van der Waals surface area (Å²) in [5.41, 5.74) is 3.62. The van der Waals surface area contributed by atoms with Crippen LogP contribution in [0, 0.1) is 5.92 Å². The molecule has 4 rings (SSSR count). The molecule has 0 radical (unpaired) electrons. The number of nitrogens with zero attached hydrogens (tertiary/aromatic N) is 3. The highest BCUT2D eigenvalue weighted by Crippen LogP contribution is 2.32. The first kappa shape index (κ1) is 22.2. The van der Waals surface area contributed by atoms with Gasteiger partial charge in [0.05, 0.1) is 5.69 Å². The van der Waals surface area contributed by atoms with Gasteiger partial charge >= 0.3 is 0 Å². The lowest BCUT2D eigenvalue weighted by Crippen LogP contribution is -2.42. The molecule has 1 aliphatic rings. The lowest BCUT2D eigenvalue weighted by molar-refractivity contribution is 0.0615. The second kappa shape index (κ2) is 8.87. The minimum atomic E-state index is -0.546. The van der Waals surface area contributed by atoms with Crippen molar-refractivity contribution in [1.82, 2.24) is 14.4 Å². The topological polar surface area (TPSA) is 80.7 Å². The smallest absolute Gasteiger partial charge is 0.275 e. The molecular weight excluding hydrogens is 400 g/mol. The maximum absolute atomic E-state index is 13.0. The van der Waals surface area contributed by atoms with Crippen LogP contribution in [0.5, 0.6) is 0 Å². The Bertz CT molecular complexity index is 1120. The molecule has 0 bridgehead atoms. The van der Waals surface area contributed by atoms with Gasteiger partial charge in [0.2, 0.25) is 0 Å². The summed E-state index contributed by atoms with van der Waals surface area (Å²) in [7, 11) is 0. The first-order chi connectivity index (χ1) is 15.3. The standard InChI is InChI=1S/C26H32N4O2/c1-26(2,3)23-21(16-18-10-6-4-7-11-18)29-15-14-20(17-22(29)28-23)25(32)30(27)24(31)19-12-8-5-9-13-19/h5,8-9,12-15,17-18H,4,6-7,10-11,16,27H2,1-3H3. The molecule has 2 N–H and O–H groups in total. The molecular formula is C26H32N4O2. The molecule has 1 saturated carbocycles. The zero-order chi connectivity index (χ0) is 22.9.